The first-order chi connectivity index (χ1) is 6.43. The van der Waals surface area contributed by atoms with Gasteiger partial charge in [0.1, 0.15) is 5.82 Å². The molecule has 0 aliphatic heterocycles. The van der Waals surface area contributed by atoms with E-state index in [2.05, 4.69) is 0 Å². The van der Waals surface area contributed by atoms with Gasteiger partial charge in [-0.25, -0.2) is 4.39 Å². The Morgan fingerprint density at radius 2 is 1.88 bits per heavy atom. The van der Waals surface area contributed by atoms with Gasteiger partial charge in [-0.3, -0.25) is 4.21 Å². The summed E-state index contributed by atoms with van der Waals surface area (Å²) in [7, 11) is 0. The molecule has 0 bridgehead atoms. The summed E-state index contributed by atoms with van der Waals surface area (Å²) >= 11 is -2.79. The summed E-state index contributed by atoms with van der Waals surface area (Å²) in [6.45, 7) is 1.46. The van der Waals surface area contributed by atoms with E-state index in [1.165, 1.54) is 6.92 Å². The van der Waals surface area contributed by atoms with Gasteiger partial charge in [-0.1, -0.05) is 0 Å². The molecule has 0 aromatic heterocycles. The van der Waals surface area contributed by atoms with Crippen molar-refractivity contribution in [2.24, 2.45) is 0 Å². The number of halogens is 1. The zero-order chi connectivity index (χ0) is 10.9. The Kier molecular flexibility index (Phi) is 9.47. The average molecular weight is 262 g/mol. The molecule has 1 unspecified atom stereocenters. The monoisotopic (exact) mass is 262 g/mol. The van der Waals surface area contributed by atoms with E-state index in [1.54, 1.807) is 0 Å². The number of carboxylic acid groups (broad SMARTS) is 1. The first-order valence-corrected chi connectivity index (χ1v) is 4.61. The first kappa shape index (κ1) is 19.1. The minimum atomic E-state index is -2.79. The molecule has 0 radical (unpaired) electrons. The second kappa shape index (κ2) is 7.94. The van der Waals surface area contributed by atoms with Crippen molar-refractivity contribution in [3.8, 4) is 0 Å². The van der Waals surface area contributed by atoms with Gasteiger partial charge >= 0.3 is 59.1 Å². The van der Waals surface area contributed by atoms with E-state index < -0.39 is 33.3 Å². The van der Waals surface area contributed by atoms with Crippen molar-refractivity contribution in [3.63, 3.8) is 0 Å². The Bertz CT molecular complexity index is 389. The summed E-state index contributed by atoms with van der Waals surface area (Å²) in [5, 5.41) is 10.4. The molecule has 76 valence electrons. The predicted octanol–water partition coefficient (Wildman–Crippen LogP) is -6.26. The van der Waals surface area contributed by atoms with Crippen molar-refractivity contribution in [3.05, 3.63) is 29.1 Å². The van der Waals surface area contributed by atoms with Crippen LogP contribution in [0.25, 0.3) is 0 Å². The number of hydrogen-bond donors (Lipinski definition) is 0. The van der Waals surface area contributed by atoms with Crippen molar-refractivity contribution in [2.75, 3.05) is 0 Å². The Balaban J connectivity index is 0. The predicted molar refractivity (Wildman–Crippen MR) is 42.7 cm³/mol. The van der Waals surface area contributed by atoms with Crippen molar-refractivity contribution in [2.45, 2.75) is 11.8 Å². The zero-order valence-corrected chi connectivity index (χ0v) is 13.9. The molecule has 8 heteroatoms. The van der Waals surface area contributed by atoms with E-state index in [1.807, 2.05) is 0 Å². The maximum absolute atomic E-state index is 13.1. The molecule has 1 rings (SSSR count). The number of rotatable bonds is 2. The molecule has 16 heavy (non-hydrogen) atoms. The average Bonchev–Trinajstić information content (AvgIpc) is 2.07. The molecule has 0 saturated carbocycles. The molecule has 0 fully saturated rings. The molecule has 0 N–H and O–H groups in total. The van der Waals surface area contributed by atoms with Crippen LogP contribution in [0.1, 0.15) is 15.9 Å². The van der Waals surface area contributed by atoms with E-state index in [0.29, 0.717) is 5.56 Å². The quantitative estimate of drug-likeness (QED) is 0.392. The number of carbonyl (C=O) groups is 1. The van der Waals surface area contributed by atoms with Crippen LogP contribution in [0.15, 0.2) is 17.0 Å². The largest absolute Gasteiger partial charge is 1.00 e. The molecular formula is C8H5FNa2O4S. The second-order valence-electron chi connectivity index (χ2n) is 2.65. The third-order valence-electron chi connectivity index (χ3n) is 1.58. The van der Waals surface area contributed by atoms with Gasteiger partial charge in [0.2, 0.25) is 0 Å². The van der Waals surface area contributed by atoms with Gasteiger partial charge in [0.25, 0.3) is 0 Å². The van der Waals surface area contributed by atoms with Crippen LogP contribution in [0.2, 0.25) is 0 Å². The summed E-state index contributed by atoms with van der Waals surface area (Å²) in [6.07, 6.45) is 0. The molecule has 0 aliphatic rings. The molecular weight excluding hydrogens is 257 g/mol. The Morgan fingerprint density at radius 3 is 2.25 bits per heavy atom. The molecule has 1 aromatic rings. The van der Waals surface area contributed by atoms with E-state index >= 15 is 0 Å². The Hall–Kier alpha value is 0.730. The molecule has 0 amide bonds. The van der Waals surface area contributed by atoms with Gasteiger partial charge in [0, 0.05) is 5.56 Å². The SMILES string of the molecule is Cc1cc(C(=O)[O-])c(F)c(S(=O)[O-])c1.[Na+].[Na+]. The number of benzene rings is 1. The van der Waals surface area contributed by atoms with Crippen LogP contribution in [0.3, 0.4) is 0 Å². The molecule has 0 spiro atoms. The van der Waals surface area contributed by atoms with Crippen LogP contribution in [-0.2, 0) is 11.1 Å². The number of hydrogen-bond acceptors (Lipinski definition) is 4. The van der Waals surface area contributed by atoms with Gasteiger partial charge in [0.15, 0.2) is 0 Å². The standard InChI is InChI=1S/C8H7FO4S.2Na/c1-4-2-5(8(10)11)7(9)6(3-4)14(12)13;;/h2-3H,1H3,(H,10,11)(H,12,13);;/q;2*+1/p-2. The van der Waals surface area contributed by atoms with Crippen molar-refractivity contribution < 1.29 is 82.2 Å². The van der Waals surface area contributed by atoms with E-state index in [0.717, 1.165) is 12.1 Å². The molecule has 0 saturated heterocycles. The van der Waals surface area contributed by atoms with Crippen LogP contribution >= 0.6 is 0 Å². The van der Waals surface area contributed by atoms with Gasteiger partial charge in [-0.15, -0.1) is 0 Å². The summed E-state index contributed by atoms with van der Waals surface area (Å²) < 4.78 is 34.1. The van der Waals surface area contributed by atoms with Crippen LogP contribution in [0.4, 0.5) is 4.39 Å². The fourth-order valence-corrected chi connectivity index (χ4v) is 1.54. The molecule has 1 aromatic carbocycles. The van der Waals surface area contributed by atoms with Gasteiger partial charge < -0.3 is 14.5 Å². The number of carbonyl (C=O) groups excluding carboxylic acids is 1. The third kappa shape index (κ3) is 4.54. The van der Waals surface area contributed by atoms with Crippen LogP contribution in [0, 0.1) is 12.7 Å². The van der Waals surface area contributed by atoms with Crippen molar-refractivity contribution in [1.29, 1.82) is 0 Å². The summed E-state index contributed by atoms with van der Waals surface area (Å²) in [5.74, 6) is -3.03. The third-order valence-corrected chi connectivity index (χ3v) is 2.24. The zero-order valence-electron chi connectivity index (χ0n) is 9.07. The maximum atomic E-state index is 13.1. The van der Waals surface area contributed by atoms with Crippen LogP contribution < -0.4 is 64.2 Å². The molecule has 0 heterocycles. The van der Waals surface area contributed by atoms with E-state index in [-0.39, 0.29) is 59.1 Å². The topological polar surface area (TPSA) is 80.3 Å². The summed E-state index contributed by atoms with van der Waals surface area (Å²) in [5.41, 5.74) is -0.408. The summed E-state index contributed by atoms with van der Waals surface area (Å²) in [4.78, 5) is 9.73. The number of aromatic carboxylic acids is 1. The maximum Gasteiger partial charge on any atom is 1.00 e. The van der Waals surface area contributed by atoms with E-state index in [9.17, 15) is 23.1 Å². The fraction of sp³-hybridized carbons (Fsp3) is 0.125. The number of aryl methyl sites for hydroxylation is 1. The fourth-order valence-electron chi connectivity index (χ4n) is 1.01. The second-order valence-corrected chi connectivity index (χ2v) is 3.56. The Morgan fingerprint density at radius 1 is 1.38 bits per heavy atom. The van der Waals surface area contributed by atoms with Gasteiger partial charge in [0.05, 0.1) is 10.9 Å². The number of carboxylic acids is 1. The smallest absolute Gasteiger partial charge is 0.768 e. The normalized spacial score (nSPS) is 10.9. The van der Waals surface area contributed by atoms with Crippen molar-refractivity contribution >= 4 is 17.0 Å². The summed E-state index contributed by atoms with van der Waals surface area (Å²) in [6, 6.07) is 2.06. The molecule has 0 aliphatic carbocycles. The first-order valence-electron chi connectivity index (χ1n) is 3.54. The van der Waals surface area contributed by atoms with Crippen LogP contribution in [-0.4, -0.2) is 14.7 Å². The van der Waals surface area contributed by atoms with Crippen molar-refractivity contribution in [1.82, 2.24) is 0 Å². The van der Waals surface area contributed by atoms with Gasteiger partial charge in [-0.2, -0.15) is 0 Å². The van der Waals surface area contributed by atoms with E-state index in [4.69, 9.17) is 0 Å². The Labute approximate surface area is 138 Å². The molecule has 1 atom stereocenters. The van der Waals surface area contributed by atoms with Crippen LogP contribution in [0.5, 0.6) is 0 Å². The minimum absolute atomic E-state index is 0. The molecule has 4 nitrogen and oxygen atoms in total. The minimum Gasteiger partial charge on any atom is -0.768 e. The van der Waals surface area contributed by atoms with Gasteiger partial charge in [-0.05, 0) is 35.7 Å².